The van der Waals surface area contributed by atoms with E-state index in [0.29, 0.717) is 5.69 Å². The molecular weight excluding hydrogens is 324 g/mol. The van der Waals surface area contributed by atoms with E-state index in [1.165, 1.54) is 13.1 Å². The molecule has 0 saturated heterocycles. The van der Waals surface area contributed by atoms with Gasteiger partial charge in [0.15, 0.2) is 0 Å². The third-order valence-electron chi connectivity index (χ3n) is 3.41. The Bertz CT molecular complexity index is 873. The molecule has 8 nitrogen and oxygen atoms in total. The van der Waals surface area contributed by atoms with E-state index >= 15 is 0 Å². The van der Waals surface area contributed by atoms with Crippen molar-refractivity contribution in [3.63, 3.8) is 0 Å². The fraction of sp³-hybridized carbons (Fsp3) is 0.286. The number of aromatic carboxylic acids is 1. The lowest BCUT2D eigenvalue weighted by atomic mass is 10.3. The number of aromatic nitrogens is 1. The van der Waals surface area contributed by atoms with Crippen molar-refractivity contribution in [2.75, 3.05) is 10.8 Å². The molecule has 3 heterocycles. The van der Waals surface area contributed by atoms with E-state index in [4.69, 9.17) is 14.3 Å². The lowest BCUT2D eigenvalue weighted by molar-refractivity contribution is 0.0661. The Morgan fingerprint density at radius 2 is 2.22 bits per heavy atom. The van der Waals surface area contributed by atoms with E-state index in [1.54, 1.807) is 19.1 Å². The van der Waals surface area contributed by atoms with Gasteiger partial charge in [-0.3, -0.25) is 4.31 Å². The zero-order valence-electron chi connectivity index (χ0n) is 12.4. The van der Waals surface area contributed by atoms with Crippen LogP contribution in [0.25, 0.3) is 0 Å². The summed E-state index contributed by atoms with van der Waals surface area (Å²) in [6.45, 7) is 3.23. The molecular formula is C14H14N2O6S. The molecule has 0 saturated carbocycles. The minimum absolute atomic E-state index is 0.0204. The monoisotopic (exact) mass is 338 g/mol. The number of pyridine rings is 1. The van der Waals surface area contributed by atoms with E-state index in [1.807, 2.05) is 0 Å². The Morgan fingerprint density at radius 3 is 2.87 bits per heavy atom. The summed E-state index contributed by atoms with van der Waals surface area (Å²) in [6, 6.07) is 4.20. The summed E-state index contributed by atoms with van der Waals surface area (Å²) in [5.41, 5.74) is 0.308. The maximum Gasteiger partial charge on any atom is 0.371 e. The van der Waals surface area contributed by atoms with E-state index in [-0.39, 0.29) is 23.1 Å². The molecule has 1 unspecified atom stereocenters. The summed E-state index contributed by atoms with van der Waals surface area (Å²) >= 11 is 0. The SMILES string of the molecule is Cc1oc(C(=O)O)cc1S(=O)(=O)N1CC(C)Oc2ncccc21. The zero-order valence-corrected chi connectivity index (χ0v) is 13.2. The number of furan rings is 1. The molecule has 3 rings (SSSR count). The Balaban J connectivity index is 2.12. The van der Waals surface area contributed by atoms with Crippen molar-refractivity contribution in [3.8, 4) is 5.88 Å². The molecule has 9 heteroatoms. The van der Waals surface area contributed by atoms with Crippen LogP contribution in [0.3, 0.4) is 0 Å². The first kappa shape index (κ1) is 15.3. The second-order valence-corrected chi connectivity index (χ2v) is 6.96. The van der Waals surface area contributed by atoms with Gasteiger partial charge in [0, 0.05) is 12.3 Å². The van der Waals surface area contributed by atoms with Gasteiger partial charge in [0.1, 0.15) is 22.4 Å². The highest BCUT2D eigenvalue weighted by Crippen LogP contribution is 2.36. The highest BCUT2D eigenvalue weighted by Gasteiger charge is 2.36. The number of nitrogens with zero attached hydrogens (tertiary/aromatic N) is 2. The predicted molar refractivity (Wildman–Crippen MR) is 79.3 cm³/mol. The van der Waals surface area contributed by atoms with E-state index in [9.17, 15) is 13.2 Å². The lowest BCUT2D eigenvalue weighted by Gasteiger charge is -2.32. The molecule has 0 aromatic carbocycles. The number of hydrogen-bond donors (Lipinski definition) is 1. The van der Waals surface area contributed by atoms with E-state index in [0.717, 1.165) is 10.4 Å². The highest BCUT2D eigenvalue weighted by atomic mass is 32.2. The number of carboxylic acids is 1. The molecule has 0 spiro atoms. The summed E-state index contributed by atoms with van der Waals surface area (Å²) < 4.78 is 37.6. The van der Waals surface area contributed by atoms with Crippen molar-refractivity contribution in [3.05, 3.63) is 35.9 Å². The summed E-state index contributed by atoms with van der Waals surface area (Å²) in [6.07, 6.45) is 1.12. The lowest BCUT2D eigenvalue weighted by Crippen LogP contribution is -2.42. The Morgan fingerprint density at radius 1 is 1.48 bits per heavy atom. The molecule has 1 N–H and O–H groups in total. The van der Waals surface area contributed by atoms with Crippen molar-refractivity contribution < 1.29 is 27.5 Å². The molecule has 122 valence electrons. The molecule has 0 amide bonds. The smallest absolute Gasteiger partial charge is 0.371 e. The van der Waals surface area contributed by atoms with Crippen LogP contribution in [0.5, 0.6) is 5.88 Å². The van der Waals surface area contributed by atoms with Crippen LogP contribution in [0.15, 0.2) is 33.7 Å². The predicted octanol–water partition coefficient (Wildman–Crippen LogP) is 1.66. The van der Waals surface area contributed by atoms with E-state index in [2.05, 4.69) is 4.98 Å². The summed E-state index contributed by atoms with van der Waals surface area (Å²) in [4.78, 5) is 14.8. The minimum Gasteiger partial charge on any atom is -0.475 e. The number of carboxylic acid groups (broad SMARTS) is 1. The van der Waals surface area contributed by atoms with Crippen LogP contribution < -0.4 is 9.04 Å². The fourth-order valence-corrected chi connectivity index (χ4v) is 4.10. The van der Waals surface area contributed by atoms with Crippen molar-refractivity contribution in [2.45, 2.75) is 24.8 Å². The van der Waals surface area contributed by atoms with Crippen LogP contribution in [0, 0.1) is 6.92 Å². The second kappa shape index (κ2) is 5.27. The maximum absolute atomic E-state index is 12.9. The number of rotatable bonds is 3. The van der Waals surface area contributed by atoms with Crippen LogP contribution >= 0.6 is 0 Å². The molecule has 1 atom stereocenters. The Kier molecular flexibility index (Phi) is 3.52. The van der Waals surface area contributed by atoms with Gasteiger partial charge in [-0.1, -0.05) is 0 Å². The maximum atomic E-state index is 12.9. The van der Waals surface area contributed by atoms with Gasteiger partial charge in [0.25, 0.3) is 10.0 Å². The third-order valence-corrected chi connectivity index (χ3v) is 5.29. The molecule has 0 fully saturated rings. The topological polar surface area (TPSA) is 110 Å². The number of fused-ring (bicyclic) bond motifs is 1. The quantitative estimate of drug-likeness (QED) is 0.906. The summed E-state index contributed by atoms with van der Waals surface area (Å²) in [5.74, 6) is -1.51. The van der Waals surface area contributed by atoms with Crippen molar-refractivity contribution in [1.82, 2.24) is 4.98 Å². The third kappa shape index (κ3) is 2.52. The number of hydrogen-bond acceptors (Lipinski definition) is 6. The van der Waals surface area contributed by atoms with Crippen LogP contribution in [-0.2, 0) is 10.0 Å². The molecule has 23 heavy (non-hydrogen) atoms. The van der Waals surface area contributed by atoms with Gasteiger partial charge in [-0.15, -0.1) is 0 Å². The number of ether oxygens (including phenoxy) is 1. The number of aryl methyl sites for hydroxylation is 1. The molecule has 0 aliphatic carbocycles. The first-order valence-corrected chi connectivity index (χ1v) is 8.23. The number of carbonyl (C=O) groups is 1. The van der Waals surface area contributed by atoms with Crippen molar-refractivity contribution >= 4 is 21.7 Å². The highest BCUT2D eigenvalue weighted by molar-refractivity contribution is 7.92. The van der Waals surface area contributed by atoms with Gasteiger partial charge in [-0.25, -0.2) is 18.2 Å². The Labute approximate surface area is 132 Å². The van der Waals surface area contributed by atoms with E-state index < -0.39 is 27.9 Å². The molecule has 0 bridgehead atoms. The van der Waals surface area contributed by atoms with Crippen LogP contribution in [-0.4, -0.2) is 37.1 Å². The molecule has 2 aromatic heterocycles. The molecule has 0 radical (unpaired) electrons. The Hall–Kier alpha value is -2.55. The normalized spacial score (nSPS) is 17.5. The zero-order chi connectivity index (χ0) is 16.8. The van der Waals surface area contributed by atoms with Gasteiger partial charge >= 0.3 is 5.97 Å². The second-order valence-electron chi connectivity index (χ2n) is 5.13. The van der Waals surface area contributed by atoms with Gasteiger partial charge in [0.05, 0.1) is 6.54 Å². The molecule has 1 aliphatic rings. The first-order chi connectivity index (χ1) is 10.8. The molecule has 1 aliphatic heterocycles. The van der Waals surface area contributed by atoms with Crippen molar-refractivity contribution in [2.24, 2.45) is 0 Å². The van der Waals surface area contributed by atoms with Crippen LogP contribution in [0.1, 0.15) is 23.2 Å². The number of anilines is 1. The van der Waals surface area contributed by atoms with Gasteiger partial charge < -0.3 is 14.3 Å². The van der Waals surface area contributed by atoms with Crippen LogP contribution in [0.2, 0.25) is 0 Å². The largest absolute Gasteiger partial charge is 0.475 e. The van der Waals surface area contributed by atoms with Gasteiger partial charge in [0.2, 0.25) is 11.6 Å². The van der Waals surface area contributed by atoms with Gasteiger partial charge in [-0.05, 0) is 26.0 Å². The minimum atomic E-state index is -4.00. The summed E-state index contributed by atoms with van der Waals surface area (Å²) in [5, 5.41) is 8.97. The van der Waals surface area contributed by atoms with Crippen molar-refractivity contribution in [1.29, 1.82) is 0 Å². The molecule has 2 aromatic rings. The summed E-state index contributed by atoms with van der Waals surface area (Å²) in [7, 11) is -4.00. The number of sulfonamides is 1. The fourth-order valence-electron chi connectivity index (χ4n) is 2.40. The first-order valence-electron chi connectivity index (χ1n) is 6.79. The van der Waals surface area contributed by atoms with Gasteiger partial charge in [-0.2, -0.15) is 0 Å². The average molecular weight is 338 g/mol. The standard InChI is InChI=1S/C14H14N2O6S/c1-8-7-16(10-4-3-5-15-13(10)21-8)23(19,20)12-6-11(14(17)18)22-9(12)2/h3-6,8H,7H2,1-2H3,(H,17,18). The average Bonchev–Trinajstić information content (AvgIpc) is 2.89. The van der Waals surface area contributed by atoms with Crippen LogP contribution in [0.4, 0.5) is 5.69 Å².